The van der Waals surface area contributed by atoms with Crippen LogP contribution in [0.4, 0.5) is 5.69 Å². The van der Waals surface area contributed by atoms with Gasteiger partial charge in [0.1, 0.15) is 18.3 Å². The number of hydrogen-bond acceptors (Lipinski definition) is 5. The first-order chi connectivity index (χ1) is 16.3. The number of sulfonamides is 1. The molecule has 11 heteroatoms. The maximum Gasteiger partial charge on any atom is 0.244 e. The van der Waals surface area contributed by atoms with Crippen LogP contribution in [0.25, 0.3) is 0 Å². The molecule has 0 aliphatic heterocycles. The molecule has 192 valence electrons. The molecule has 0 aromatic heterocycles. The van der Waals surface area contributed by atoms with E-state index in [9.17, 15) is 18.0 Å². The Hall–Kier alpha value is -2.49. The molecular formula is C24H31Cl2N3O5S. The lowest BCUT2D eigenvalue weighted by molar-refractivity contribution is -0.139. The van der Waals surface area contributed by atoms with Crippen molar-refractivity contribution < 1.29 is 22.7 Å². The van der Waals surface area contributed by atoms with Gasteiger partial charge in [0, 0.05) is 18.1 Å². The summed E-state index contributed by atoms with van der Waals surface area (Å²) < 4.78 is 31.3. The summed E-state index contributed by atoms with van der Waals surface area (Å²) in [6, 6.07) is 10.5. The van der Waals surface area contributed by atoms with Crippen molar-refractivity contribution in [2.75, 3.05) is 30.8 Å². The van der Waals surface area contributed by atoms with Crippen LogP contribution in [0.15, 0.2) is 42.5 Å². The van der Waals surface area contributed by atoms with Crippen LogP contribution < -0.4 is 14.4 Å². The van der Waals surface area contributed by atoms with E-state index < -0.39 is 28.5 Å². The second kappa shape index (κ2) is 12.5. The van der Waals surface area contributed by atoms with Crippen LogP contribution in [0.1, 0.15) is 26.3 Å². The van der Waals surface area contributed by atoms with E-state index in [0.29, 0.717) is 22.9 Å². The standard InChI is InChI=1S/C24H31Cl2N3O5S/c1-16(2)13-27-24(31)17(3)28(14-18-8-6-7-9-20(18)25)23(30)15-29(35(5,32)33)19-10-11-22(34-4)21(26)12-19/h6-12,16-17H,13-15H2,1-5H3,(H,27,31). The lowest BCUT2D eigenvalue weighted by Gasteiger charge is -2.32. The van der Waals surface area contributed by atoms with E-state index in [1.807, 2.05) is 13.8 Å². The number of carbonyl (C=O) groups is 2. The third-order valence-electron chi connectivity index (χ3n) is 5.25. The minimum Gasteiger partial charge on any atom is -0.495 e. The Morgan fingerprint density at radius 3 is 2.26 bits per heavy atom. The highest BCUT2D eigenvalue weighted by Gasteiger charge is 2.30. The predicted molar refractivity (Wildman–Crippen MR) is 140 cm³/mol. The second-order valence-corrected chi connectivity index (χ2v) is 11.2. The van der Waals surface area contributed by atoms with Gasteiger partial charge in [-0.25, -0.2) is 8.42 Å². The third kappa shape index (κ3) is 8.02. The molecule has 2 aromatic rings. The molecule has 35 heavy (non-hydrogen) atoms. The minimum absolute atomic E-state index is 0.0236. The minimum atomic E-state index is -3.87. The predicted octanol–water partition coefficient (Wildman–Crippen LogP) is 3.96. The summed E-state index contributed by atoms with van der Waals surface area (Å²) in [7, 11) is -2.43. The molecule has 0 saturated carbocycles. The van der Waals surface area contributed by atoms with Crippen LogP contribution in [-0.4, -0.2) is 57.6 Å². The lowest BCUT2D eigenvalue weighted by Crippen LogP contribution is -2.51. The Morgan fingerprint density at radius 2 is 1.71 bits per heavy atom. The molecule has 2 aromatic carbocycles. The van der Waals surface area contributed by atoms with E-state index in [2.05, 4.69) is 5.32 Å². The molecule has 0 heterocycles. The highest BCUT2D eigenvalue weighted by molar-refractivity contribution is 7.92. The van der Waals surface area contributed by atoms with Crippen LogP contribution in [0.5, 0.6) is 5.75 Å². The van der Waals surface area contributed by atoms with Gasteiger partial charge in [0.05, 0.1) is 24.1 Å². The van der Waals surface area contributed by atoms with Crippen LogP contribution in [0, 0.1) is 5.92 Å². The molecule has 0 aliphatic carbocycles. The fraction of sp³-hybridized carbons (Fsp3) is 0.417. The number of carbonyl (C=O) groups excluding carboxylic acids is 2. The van der Waals surface area contributed by atoms with E-state index in [4.69, 9.17) is 27.9 Å². The first kappa shape index (κ1) is 28.7. The number of rotatable bonds is 11. The number of nitrogens with zero attached hydrogens (tertiary/aromatic N) is 2. The number of halogens is 2. The summed E-state index contributed by atoms with van der Waals surface area (Å²) in [5.74, 6) is -0.336. The summed E-state index contributed by atoms with van der Waals surface area (Å²) in [5, 5.41) is 3.45. The molecule has 8 nitrogen and oxygen atoms in total. The summed E-state index contributed by atoms with van der Waals surface area (Å²) in [6.45, 7) is 5.45. The van der Waals surface area contributed by atoms with E-state index in [0.717, 1.165) is 10.6 Å². The molecule has 0 fully saturated rings. The van der Waals surface area contributed by atoms with Gasteiger partial charge >= 0.3 is 0 Å². The van der Waals surface area contributed by atoms with Crippen molar-refractivity contribution in [3.63, 3.8) is 0 Å². The fourth-order valence-corrected chi connectivity index (χ4v) is 4.56. The zero-order valence-electron chi connectivity index (χ0n) is 20.4. The molecule has 1 N–H and O–H groups in total. The van der Waals surface area contributed by atoms with Crippen LogP contribution in [0.3, 0.4) is 0 Å². The van der Waals surface area contributed by atoms with E-state index in [1.54, 1.807) is 31.2 Å². The number of amides is 2. The van der Waals surface area contributed by atoms with E-state index in [1.165, 1.54) is 30.2 Å². The van der Waals surface area contributed by atoms with Crippen LogP contribution >= 0.6 is 23.2 Å². The highest BCUT2D eigenvalue weighted by Crippen LogP contribution is 2.30. The van der Waals surface area contributed by atoms with Gasteiger partial charge in [-0.3, -0.25) is 13.9 Å². The largest absolute Gasteiger partial charge is 0.495 e. The topological polar surface area (TPSA) is 96.0 Å². The third-order valence-corrected chi connectivity index (χ3v) is 7.06. The summed E-state index contributed by atoms with van der Waals surface area (Å²) >= 11 is 12.5. The quantitative estimate of drug-likeness (QED) is 0.462. The SMILES string of the molecule is COc1ccc(N(CC(=O)N(Cc2ccccc2Cl)C(C)C(=O)NCC(C)C)S(C)(=O)=O)cc1Cl. The Kier molecular flexibility index (Phi) is 10.2. The van der Waals surface area contributed by atoms with E-state index in [-0.39, 0.29) is 29.1 Å². The number of nitrogens with one attached hydrogen (secondary N) is 1. The zero-order valence-corrected chi connectivity index (χ0v) is 22.7. The van der Waals surface area contributed by atoms with Gasteiger partial charge in [-0.05, 0) is 42.7 Å². The van der Waals surface area contributed by atoms with Crippen molar-refractivity contribution in [1.29, 1.82) is 0 Å². The number of anilines is 1. The number of hydrogen-bond donors (Lipinski definition) is 1. The molecule has 0 aliphatic rings. The van der Waals surface area contributed by atoms with E-state index >= 15 is 0 Å². The molecule has 0 radical (unpaired) electrons. The normalized spacial score (nSPS) is 12.2. The van der Waals surface area contributed by atoms with Crippen molar-refractivity contribution in [3.8, 4) is 5.75 Å². The lowest BCUT2D eigenvalue weighted by atomic mass is 10.1. The van der Waals surface area contributed by atoms with Gasteiger partial charge < -0.3 is 15.0 Å². The molecule has 0 bridgehead atoms. The van der Waals surface area contributed by atoms with Crippen LogP contribution in [0.2, 0.25) is 10.0 Å². The monoisotopic (exact) mass is 543 g/mol. The van der Waals surface area contributed by atoms with Crippen molar-refractivity contribution in [2.24, 2.45) is 5.92 Å². The Morgan fingerprint density at radius 1 is 1.06 bits per heavy atom. The Bertz CT molecular complexity index is 1160. The highest BCUT2D eigenvalue weighted by atomic mass is 35.5. The average Bonchev–Trinajstić information content (AvgIpc) is 2.79. The molecule has 2 rings (SSSR count). The Labute approximate surface area is 217 Å². The van der Waals surface area contributed by atoms with Gasteiger partial charge in [0.2, 0.25) is 21.8 Å². The average molecular weight is 545 g/mol. The molecule has 1 atom stereocenters. The smallest absolute Gasteiger partial charge is 0.244 e. The maximum atomic E-state index is 13.5. The first-order valence-electron chi connectivity index (χ1n) is 11.0. The molecule has 0 spiro atoms. The van der Waals surface area contributed by atoms with Crippen molar-refractivity contribution in [1.82, 2.24) is 10.2 Å². The van der Waals surface area contributed by atoms with Crippen LogP contribution in [-0.2, 0) is 26.2 Å². The summed E-state index contributed by atoms with van der Waals surface area (Å²) in [6.07, 6.45) is 0.996. The van der Waals surface area contributed by atoms with Crippen molar-refractivity contribution in [2.45, 2.75) is 33.4 Å². The molecule has 1 unspecified atom stereocenters. The van der Waals surface area contributed by atoms with Gasteiger partial charge in [-0.2, -0.15) is 0 Å². The molecule has 0 saturated heterocycles. The first-order valence-corrected chi connectivity index (χ1v) is 13.6. The summed E-state index contributed by atoms with van der Waals surface area (Å²) in [4.78, 5) is 27.7. The van der Waals surface area contributed by atoms with Gasteiger partial charge in [-0.15, -0.1) is 0 Å². The second-order valence-electron chi connectivity index (χ2n) is 8.52. The van der Waals surface area contributed by atoms with Gasteiger partial charge in [-0.1, -0.05) is 55.2 Å². The number of ether oxygens (including phenoxy) is 1. The summed E-state index contributed by atoms with van der Waals surface area (Å²) in [5.41, 5.74) is 0.825. The molecular weight excluding hydrogens is 513 g/mol. The van der Waals surface area contributed by atoms with Crippen molar-refractivity contribution in [3.05, 3.63) is 58.1 Å². The number of methoxy groups -OCH3 is 1. The number of benzene rings is 2. The van der Waals surface area contributed by atoms with Gasteiger partial charge in [0.15, 0.2) is 0 Å². The van der Waals surface area contributed by atoms with Gasteiger partial charge in [0.25, 0.3) is 0 Å². The maximum absolute atomic E-state index is 13.5. The molecule has 2 amide bonds. The zero-order chi connectivity index (χ0) is 26.3. The van der Waals surface area contributed by atoms with Crippen molar-refractivity contribution >= 4 is 50.7 Å². The fourth-order valence-electron chi connectivity index (χ4n) is 3.27. The Balaban J connectivity index is 2.41.